The van der Waals surface area contributed by atoms with Crippen molar-refractivity contribution in [3.63, 3.8) is 0 Å². The van der Waals surface area contributed by atoms with Crippen LogP contribution in [0.15, 0.2) is 46.9 Å². The van der Waals surface area contributed by atoms with Gasteiger partial charge in [0, 0.05) is 21.1 Å². The Bertz CT molecular complexity index is 962. The van der Waals surface area contributed by atoms with Gasteiger partial charge in [-0.2, -0.15) is 0 Å². The number of carbonyl (C=O) groups is 2. The van der Waals surface area contributed by atoms with Gasteiger partial charge in [-0.3, -0.25) is 4.79 Å². The molecular formula is C19H17BrN2O3. The van der Waals surface area contributed by atoms with Crippen LogP contribution < -0.4 is 5.32 Å². The van der Waals surface area contributed by atoms with Crippen molar-refractivity contribution in [2.24, 2.45) is 0 Å². The van der Waals surface area contributed by atoms with Gasteiger partial charge in [-0.15, -0.1) is 0 Å². The molecule has 0 spiro atoms. The molecule has 1 heterocycles. The van der Waals surface area contributed by atoms with Crippen molar-refractivity contribution in [1.29, 1.82) is 0 Å². The lowest BCUT2D eigenvalue weighted by Crippen LogP contribution is -2.21. The summed E-state index contributed by atoms with van der Waals surface area (Å²) in [6, 6.07) is 12.5. The molecule has 1 aromatic heterocycles. The molecule has 2 aromatic carbocycles. The van der Waals surface area contributed by atoms with Crippen molar-refractivity contribution in [2.75, 3.05) is 11.9 Å². The summed E-state index contributed by atoms with van der Waals surface area (Å²) in [5.41, 5.74) is 4.18. The highest BCUT2D eigenvalue weighted by Crippen LogP contribution is 2.23. The molecule has 0 saturated heterocycles. The summed E-state index contributed by atoms with van der Waals surface area (Å²) in [7, 11) is 0. The topological polar surface area (TPSA) is 71.2 Å². The average Bonchev–Trinajstić information content (AvgIpc) is 2.89. The molecule has 5 nitrogen and oxygen atoms in total. The minimum atomic E-state index is -0.526. The van der Waals surface area contributed by atoms with Crippen molar-refractivity contribution in [1.82, 2.24) is 4.98 Å². The first-order valence-electron chi connectivity index (χ1n) is 7.76. The number of anilines is 1. The molecule has 25 heavy (non-hydrogen) atoms. The highest BCUT2D eigenvalue weighted by Gasteiger charge is 2.13. The summed E-state index contributed by atoms with van der Waals surface area (Å²) in [4.78, 5) is 27.4. The number of nitrogens with one attached hydrogen (secondary N) is 2. The monoisotopic (exact) mass is 400 g/mol. The zero-order valence-corrected chi connectivity index (χ0v) is 15.4. The van der Waals surface area contributed by atoms with Crippen molar-refractivity contribution in [2.45, 2.75) is 13.8 Å². The van der Waals surface area contributed by atoms with Crippen LogP contribution in [-0.4, -0.2) is 23.5 Å². The number of aryl methyl sites for hydroxylation is 2. The molecular weight excluding hydrogens is 384 g/mol. The second-order valence-electron chi connectivity index (χ2n) is 5.74. The van der Waals surface area contributed by atoms with E-state index in [1.165, 1.54) is 0 Å². The second kappa shape index (κ2) is 7.11. The number of amides is 1. The Balaban J connectivity index is 1.65. The molecule has 128 valence electrons. The summed E-state index contributed by atoms with van der Waals surface area (Å²) in [5.74, 6) is -0.919. The molecule has 0 fully saturated rings. The Labute approximate surface area is 153 Å². The molecule has 0 atom stereocenters. The largest absolute Gasteiger partial charge is 0.452 e. The van der Waals surface area contributed by atoms with Crippen LogP contribution in [0.4, 0.5) is 5.69 Å². The van der Waals surface area contributed by atoms with Crippen LogP contribution >= 0.6 is 15.9 Å². The van der Waals surface area contributed by atoms with Gasteiger partial charge in [0.2, 0.25) is 0 Å². The fourth-order valence-corrected chi connectivity index (χ4v) is 2.94. The lowest BCUT2D eigenvalue weighted by molar-refractivity contribution is -0.119. The third kappa shape index (κ3) is 3.74. The number of carbonyl (C=O) groups excluding carboxylic acids is 2. The van der Waals surface area contributed by atoms with E-state index < -0.39 is 11.9 Å². The van der Waals surface area contributed by atoms with Gasteiger partial charge in [-0.25, -0.2) is 4.79 Å². The number of rotatable bonds is 4. The van der Waals surface area contributed by atoms with Gasteiger partial charge >= 0.3 is 5.97 Å². The van der Waals surface area contributed by atoms with Gasteiger partial charge in [0.15, 0.2) is 6.61 Å². The Morgan fingerprint density at radius 3 is 2.68 bits per heavy atom. The van der Waals surface area contributed by atoms with Gasteiger partial charge in [-0.1, -0.05) is 12.1 Å². The summed E-state index contributed by atoms with van der Waals surface area (Å²) in [6.07, 6.45) is 0. The molecule has 6 heteroatoms. The van der Waals surface area contributed by atoms with E-state index in [1.807, 2.05) is 38.1 Å². The summed E-state index contributed by atoms with van der Waals surface area (Å²) < 4.78 is 5.88. The molecule has 3 aromatic rings. The second-order valence-corrected chi connectivity index (χ2v) is 6.59. The highest BCUT2D eigenvalue weighted by atomic mass is 79.9. The van der Waals surface area contributed by atoms with E-state index in [1.54, 1.807) is 18.2 Å². The fraction of sp³-hybridized carbons (Fsp3) is 0.158. The molecule has 0 bridgehead atoms. The molecule has 0 radical (unpaired) electrons. The molecule has 0 aliphatic carbocycles. The van der Waals surface area contributed by atoms with E-state index in [0.717, 1.165) is 26.6 Å². The lowest BCUT2D eigenvalue weighted by Gasteiger charge is -2.08. The molecule has 2 N–H and O–H groups in total. The van der Waals surface area contributed by atoms with E-state index >= 15 is 0 Å². The molecule has 0 aliphatic heterocycles. The molecule has 0 unspecified atom stereocenters. The van der Waals surface area contributed by atoms with Crippen molar-refractivity contribution in [3.8, 4) is 0 Å². The van der Waals surface area contributed by atoms with Gasteiger partial charge in [0.25, 0.3) is 5.91 Å². The maximum atomic E-state index is 12.2. The molecule has 3 rings (SSSR count). The Morgan fingerprint density at radius 2 is 1.92 bits per heavy atom. The number of esters is 1. The number of fused-ring (bicyclic) bond motifs is 1. The summed E-state index contributed by atoms with van der Waals surface area (Å²) in [5, 5.41) is 3.67. The normalized spacial score (nSPS) is 10.7. The van der Waals surface area contributed by atoms with Gasteiger partial charge in [-0.05, 0) is 65.7 Å². The van der Waals surface area contributed by atoms with Gasteiger partial charge in [0.05, 0.1) is 11.3 Å². The van der Waals surface area contributed by atoms with Crippen molar-refractivity contribution < 1.29 is 14.3 Å². The smallest absolute Gasteiger partial charge is 0.338 e. The minimum Gasteiger partial charge on any atom is -0.452 e. The fourth-order valence-electron chi connectivity index (χ4n) is 2.55. The number of halogens is 1. The lowest BCUT2D eigenvalue weighted by atomic mass is 10.1. The Kier molecular flexibility index (Phi) is 4.90. The zero-order chi connectivity index (χ0) is 18.0. The summed E-state index contributed by atoms with van der Waals surface area (Å²) >= 11 is 3.35. The van der Waals surface area contributed by atoms with Crippen LogP contribution in [0.1, 0.15) is 21.6 Å². The number of benzene rings is 2. The first kappa shape index (κ1) is 17.2. The number of para-hydroxylation sites is 1. The Morgan fingerprint density at radius 1 is 1.16 bits per heavy atom. The number of ether oxygens (including phenoxy) is 1. The van der Waals surface area contributed by atoms with E-state index in [9.17, 15) is 9.59 Å². The van der Waals surface area contributed by atoms with Crippen LogP contribution in [0, 0.1) is 13.8 Å². The molecule has 0 aliphatic rings. The van der Waals surface area contributed by atoms with Crippen LogP contribution in [0.2, 0.25) is 0 Å². The van der Waals surface area contributed by atoms with Crippen LogP contribution in [0.3, 0.4) is 0 Å². The molecule has 1 amide bonds. The average molecular weight is 401 g/mol. The highest BCUT2D eigenvalue weighted by molar-refractivity contribution is 9.10. The van der Waals surface area contributed by atoms with E-state index in [-0.39, 0.29) is 6.61 Å². The number of aromatic nitrogens is 1. The Hall–Kier alpha value is -2.60. The van der Waals surface area contributed by atoms with Crippen molar-refractivity contribution >= 4 is 44.4 Å². The number of H-pyrrole nitrogens is 1. The standard InChI is InChI=1S/C19H17BrN2O3/c1-11-12(2)21-16-8-7-13(9-14(11)16)19(24)25-10-18(23)22-17-6-4-3-5-15(17)20/h3-9,21H,10H2,1-2H3,(H,22,23). The first-order chi connectivity index (χ1) is 12.0. The zero-order valence-electron chi connectivity index (χ0n) is 13.9. The summed E-state index contributed by atoms with van der Waals surface area (Å²) in [6.45, 7) is 3.64. The maximum Gasteiger partial charge on any atom is 0.338 e. The predicted octanol–water partition coefficient (Wildman–Crippen LogP) is 4.34. The number of aromatic amines is 1. The van der Waals surface area contributed by atoms with Crippen molar-refractivity contribution in [3.05, 3.63) is 63.8 Å². The van der Waals surface area contributed by atoms with E-state index in [2.05, 4.69) is 26.2 Å². The van der Waals surface area contributed by atoms with E-state index in [4.69, 9.17) is 4.74 Å². The quantitative estimate of drug-likeness (QED) is 0.639. The minimum absolute atomic E-state index is 0.344. The predicted molar refractivity (Wildman–Crippen MR) is 101 cm³/mol. The van der Waals surface area contributed by atoms with Gasteiger partial charge < -0.3 is 15.0 Å². The maximum absolute atomic E-state index is 12.2. The van der Waals surface area contributed by atoms with Gasteiger partial charge in [0.1, 0.15) is 0 Å². The van der Waals surface area contributed by atoms with E-state index in [0.29, 0.717) is 11.3 Å². The van der Waals surface area contributed by atoms with Crippen LogP contribution in [-0.2, 0) is 9.53 Å². The first-order valence-corrected chi connectivity index (χ1v) is 8.55. The number of hydrogen-bond acceptors (Lipinski definition) is 3. The third-order valence-electron chi connectivity index (χ3n) is 4.03. The number of hydrogen-bond donors (Lipinski definition) is 2. The van der Waals surface area contributed by atoms with Crippen LogP contribution in [0.25, 0.3) is 10.9 Å². The SMILES string of the molecule is Cc1[nH]c2ccc(C(=O)OCC(=O)Nc3ccccc3Br)cc2c1C. The van der Waals surface area contributed by atoms with Crippen LogP contribution in [0.5, 0.6) is 0 Å². The molecule has 0 saturated carbocycles. The third-order valence-corrected chi connectivity index (χ3v) is 4.72.